The van der Waals surface area contributed by atoms with E-state index >= 15 is 0 Å². The zero-order chi connectivity index (χ0) is 9.14. The van der Waals surface area contributed by atoms with Gasteiger partial charge in [-0.15, -0.1) is 0 Å². The lowest BCUT2D eigenvalue weighted by molar-refractivity contribution is -0.148. The van der Waals surface area contributed by atoms with Crippen LogP contribution in [0, 0.1) is 11.8 Å². The molecule has 0 bridgehead atoms. The van der Waals surface area contributed by atoms with Gasteiger partial charge in [-0.25, -0.2) is 4.79 Å². The summed E-state index contributed by atoms with van der Waals surface area (Å²) < 4.78 is 0. The van der Waals surface area contributed by atoms with E-state index in [1.165, 1.54) is 18.3 Å². The van der Waals surface area contributed by atoms with Gasteiger partial charge < -0.3 is 5.11 Å². The molecule has 2 atom stereocenters. The molecule has 3 heteroatoms. The first-order valence-electron chi connectivity index (χ1n) is 4.35. The summed E-state index contributed by atoms with van der Waals surface area (Å²) in [5.41, 5.74) is 0. The number of carboxylic acids is 1. The van der Waals surface area contributed by atoms with Gasteiger partial charge in [-0.05, 0) is 18.3 Å². The van der Waals surface area contributed by atoms with Crippen LogP contribution in [-0.2, 0) is 9.59 Å². The third-order valence-electron chi connectivity index (χ3n) is 2.52. The summed E-state index contributed by atoms with van der Waals surface area (Å²) in [4.78, 5) is 18.9. The molecule has 0 spiro atoms. The average Bonchev–Trinajstić information content (AvgIpc) is 2.60. The number of ketones is 1. The van der Waals surface area contributed by atoms with Crippen molar-refractivity contribution in [2.24, 2.45) is 11.8 Å². The van der Waals surface area contributed by atoms with Gasteiger partial charge in [0.2, 0.25) is 5.78 Å². The Balaban J connectivity index is 0.000000120. The number of Topliss-reactive ketones (excluding diaryl/α,β-unsaturated/α-hetero) is 1. The average molecular weight is 170 g/mol. The molecule has 0 heterocycles. The summed E-state index contributed by atoms with van der Waals surface area (Å²) >= 11 is 0. The lowest BCUT2D eigenvalue weighted by atomic mass is 10.3. The van der Waals surface area contributed by atoms with Gasteiger partial charge in [0.05, 0.1) is 0 Å². The van der Waals surface area contributed by atoms with E-state index in [-0.39, 0.29) is 0 Å². The van der Waals surface area contributed by atoms with Crippen molar-refractivity contribution in [2.75, 3.05) is 0 Å². The number of hydrogen-bond acceptors (Lipinski definition) is 2. The second kappa shape index (κ2) is 3.70. The third kappa shape index (κ3) is 2.64. The van der Waals surface area contributed by atoms with Crippen LogP contribution in [0.1, 0.15) is 32.6 Å². The molecule has 3 nitrogen and oxygen atoms in total. The fourth-order valence-electron chi connectivity index (χ4n) is 1.66. The molecule has 1 N–H and O–H groups in total. The maximum absolute atomic E-state index is 9.54. The number of fused-ring (bicyclic) bond motifs is 1. The van der Waals surface area contributed by atoms with E-state index in [9.17, 15) is 9.59 Å². The number of carboxylic acid groups (broad SMARTS) is 1. The van der Waals surface area contributed by atoms with Crippen LogP contribution in [0.2, 0.25) is 0 Å². The number of rotatable bonds is 1. The molecule has 0 aromatic heterocycles. The molecule has 2 aliphatic carbocycles. The molecule has 0 aromatic carbocycles. The molecule has 12 heavy (non-hydrogen) atoms. The summed E-state index contributed by atoms with van der Waals surface area (Å²) in [6.07, 6.45) is 6.24. The van der Waals surface area contributed by atoms with Crippen LogP contribution in [0.25, 0.3) is 0 Å². The van der Waals surface area contributed by atoms with Gasteiger partial charge in [-0.3, -0.25) is 4.79 Å². The Bertz CT molecular complexity index is 178. The molecular weight excluding hydrogens is 156 g/mol. The zero-order valence-corrected chi connectivity index (χ0v) is 7.25. The Morgan fingerprint density at radius 3 is 1.75 bits per heavy atom. The summed E-state index contributed by atoms with van der Waals surface area (Å²) in [6, 6.07) is 0. The zero-order valence-electron chi connectivity index (χ0n) is 7.25. The van der Waals surface area contributed by atoms with Crippen LogP contribution >= 0.6 is 0 Å². The first-order valence-corrected chi connectivity index (χ1v) is 4.35. The van der Waals surface area contributed by atoms with Crippen molar-refractivity contribution in [3.8, 4) is 0 Å². The maximum Gasteiger partial charge on any atom is 0.371 e. The van der Waals surface area contributed by atoms with Crippen molar-refractivity contribution < 1.29 is 14.7 Å². The minimum atomic E-state index is -1.38. The van der Waals surface area contributed by atoms with E-state index in [0.717, 1.165) is 6.92 Å². The van der Waals surface area contributed by atoms with Crippen molar-refractivity contribution in [3.63, 3.8) is 0 Å². The normalized spacial score (nSPS) is 29.8. The fraction of sp³-hybridized carbons (Fsp3) is 0.778. The SMILES string of the molecule is C1CC2CC2C1.CC(=O)C(=O)O. The highest BCUT2D eigenvalue weighted by Crippen LogP contribution is 2.51. The van der Waals surface area contributed by atoms with Gasteiger partial charge in [0.15, 0.2) is 0 Å². The topological polar surface area (TPSA) is 54.4 Å². The molecule has 0 aliphatic heterocycles. The molecule has 2 saturated carbocycles. The molecule has 0 amide bonds. The first kappa shape index (κ1) is 9.23. The van der Waals surface area contributed by atoms with Crippen LogP contribution in [0.3, 0.4) is 0 Å². The lowest BCUT2D eigenvalue weighted by Crippen LogP contribution is -2.05. The summed E-state index contributed by atoms with van der Waals surface area (Å²) in [6.45, 7) is 1.00. The number of carbonyl (C=O) groups excluding carboxylic acids is 1. The van der Waals surface area contributed by atoms with Gasteiger partial charge in [0.1, 0.15) is 0 Å². The Hall–Kier alpha value is -0.860. The maximum atomic E-state index is 9.54. The molecule has 2 unspecified atom stereocenters. The summed E-state index contributed by atoms with van der Waals surface area (Å²) in [7, 11) is 0. The molecule has 2 rings (SSSR count). The van der Waals surface area contributed by atoms with E-state index < -0.39 is 11.8 Å². The van der Waals surface area contributed by atoms with Gasteiger partial charge in [0, 0.05) is 6.92 Å². The molecule has 2 aliphatic rings. The predicted octanol–water partition coefficient (Wildman–Crippen LogP) is 1.47. The number of aliphatic carboxylic acids is 1. The second-order valence-electron chi connectivity index (χ2n) is 3.55. The minimum Gasteiger partial charge on any atom is -0.476 e. The molecule has 0 radical (unpaired) electrons. The van der Waals surface area contributed by atoms with E-state index in [1.54, 1.807) is 19.3 Å². The van der Waals surface area contributed by atoms with E-state index in [4.69, 9.17) is 5.11 Å². The molecular formula is C9H14O3. The van der Waals surface area contributed by atoms with Gasteiger partial charge >= 0.3 is 5.97 Å². The van der Waals surface area contributed by atoms with E-state index in [1.807, 2.05) is 0 Å². The Morgan fingerprint density at radius 2 is 1.67 bits per heavy atom. The van der Waals surface area contributed by atoms with Crippen molar-refractivity contribution in [3.05, 3.63) is 0 Å². The summed E-state index contributed by atoms with van der Waals surface area (Å²) in [5.74, 6) is 0.222. The third-order valence-corrected chi connectivity index (χ3v) is 2.52. The molecule has 0 aromatic rings. The lowest BCUT2D eigenvalue weighted by Gasteiger charge is -1.80. The molecule has 0 saturated heterocycles. The number of carbonyl (C=O) groups is 2. The summed E-state index contributed by atoms with van der Waals surface area (Å²) in [5, 5.41) is 7.64. The van der Waals surface area contributed by atoms with Crippen molar-refractivity contribution in [1.29, 1.82) is 0 Å². The minimum absolute atomic E-state index is 0.824. The monoisotopic (exact) mass is 170 g/mol. The fourth-order valence-corrected chi connectivity index (χ4v) is 1.66. The molecule has 2 fully saturated rings. The number of hydrogen-bond donors (Lipinski definition) is 1. The predicted molar refractivity (Wildman–Crippen MR) is 43.8 cm³/mol. The highest BCUT2D eigenvalue weighted by molar-refractivity contribution is 6.31. The smallest absolute Gasteiger partial charge is 0.371 e. The van der Waals surface area contributed by atoms with Crippen LogP contribution in [0.5, 0.6) is 0 Å². The highest BCUT2D eigenvalue weighted by Gasteiger charge is 2.40. The Kier molecular flexibility index (Phi) is 2.84. The van der Waals surface area contributed by atoms with Crippen molar-refractivity contribution in [1.82, 2.24) is 0 Å². The molecule has 68 valence electrons. The van der Waals surface area contributed by atoms with E-state index in [2.05, 4.69) is 0 Å². The largest absolute Gasteiger partial charge is 0.476 e. The Morgan fingerprint density at radius 1 is 1.25 bits per heavy atom. The van der Waals surface area contributed by atoms with Crippen LogP contribution in [0.4, 0.5) is 0 Å². The van der Waals surface area contributed by atoms with Crippen molar-refractivity contribution in [2.45, 2.75) is 32.6 Å². The Labute approximate surface area is 71.8 Å². The van der Waals surface area contributed by atoms with E-state index in [0.29, 0.717) is 0 Å². The van der Waals surface area contributed by atoms with Crippen LogP contribution in [0.15, 0.2) is 0 Å². The van der Waals surface area contributed by atoms with Gasteiger partial charge in [0.25, 0.3) is 0 Å². The van der Waals surface area contributed by atoms with Crippen molar-refractivity contribution >= 4 is 11.8 Å². The first-order chi connectivity index (χ1) is 5.61. The van der Waals surface area contributed by atoms with Crippen LogP contribution < -0.4 is 0 Å². The van der Waals surface area contributed by atoms with Gasteiger partial charge in [-0.1, -0.05) is 19.3 Å². The quantitative estimate of drug-likeness (QED) is 0.606. The standard InChI is InChI=1S/C6H10.C3H4O3/c1-2-5-4-6(5)3-1;1-2(4)3(5)6/h5-6H,1-4H2;1H3,(H,5,6). The second-order valence-corrected chi connectivity index (χ2v) is 3.55. The highest BCUT2D eigenvalue weighted by atomic mass is 16.4. The van der Waals surface area contributed by atoms with Crippen LogP contribution in [-0.4, -0.2) is 16.9 Å². The van der Waals surface area contributed by atoms with Gasteiger partial charge in [-0.2, -0.15) is 0 Å².